The third-order valence-electron chi connectivity index (χ3n) is 3.39. The second kappa shape index (κ2) is 5.06. The van der Waals surface area contributed by atoms with Crippen molar-refractivity contribution < 1.29 is 8.78 Å². The van der Waals surface area contributed by atoms with Gasteiger partial charge in [-0.1, -0.05) is 6.42 Å². The van der Waals surface area contributed by atoms with Crippen molar-refractivity contribution in [1.29, 1.82) is 0 Å². The van der Waals surface area contributed by atoms with Gasteiger partial charge in [0.05, 0.1) is 0 Å². The van der Waals surface area contributed by atoms with Crippen LogP contribution >= 0.6 is 0 Å². The number of anilines is 2. The molecule has 1 fully saturated rings. The molecule has 100 valence electrons. The number of nitrogens with zero attached hydrogens (tertiary/aromatic N) is 2. The molecule has 0 saturated carbocycles. The van der Waals surface area contributed by atoms with Crippen LogP contribution in [0.25, 0.3) is 0 Å². The Hall–Kier alpha value is -1.43. The highest BCUT2D eigenvalue weighted by Gasteiger charge is 2.26. The van der Waals surface area contributed by atoms with Crippen molar-refractivity contribution in [2.75, 3.05) is 11.2 Å². The number of rotatable bonds is 2. The first-order chi connectivity index (χ1) is 8.49. The summed E-state index contributed by atoms with van der Waals surface area (Å²) in [6.07, 6.45) is 3.23. The van der Waals surface area contributed by atoms with Crippen LogP contribution in [0.5, 0.6) is 0 Å². The largest absolute Gasteiger partial charge is 0.381 e. The highest BCUT2D eigenvalue weighted by Crippen LogP contribution is 2.24. The lowest BCUT2D eigenvalue weighted by Crippen LogP contribution is -2.47. The highest BCUT2D eigenvalue weighted by molar-refractivity contribution is 5.44. The maximum atomic E-state index is 13.6. The Labute approximate surface area is 105 Å². The number of halogens is 2. The number of hydrogen-bond acceptors (Lipinski definition) is 4. The predicted octanol–water partition coefficient (Wildman–Crippen LogP) is 2.53. The fourth-order valence-electron chi connectivity index (χ4n) is 2.32. The third-order valence-corrected chi connectivity index (χ3v) is 3.39. The molecule has 0 spiro atoms. The van der Waals surface area contributed by atoms with Gasteiger partial charge in [-0.2, -0.15) is 0 Å². The molecule has 0 amide bonds. The minimum Gasteiger partial charge on any atom is -0.381 e. The number of hydrogen-bond donors (Lipinski definition) is 2. The molecule has 1 aliphatic rings. The molecule has 1 aromatic rings. The van der Waals surface area contributed by atoms with E-state index >= 15 is 0 Å². The van der Waals surface area contributed by atoms with E-state index in [4.69, 9.17) is 5.73 Å². The normalized spacial score (nSPS) is 25.1. The lowest BCUT2D eigenvalue weighted by Gasteiger charge is -2.39. The minimum atomic E-state index is -0.835. The number of nitrogens with one attached hydrogen (secondary N) is 1. The summed E-state index contributed by atoms with van der Waals surface area (Å²) in [7, 11) is 0. The number of nitrogen functional groups attached to an aromatic ring is 1. The molecule has 2 atom stereocenters. The van der Waals surface area contributed by atoms with Crippen LogP contribution in [-0.4, -0.2) is 22.1 Å². The van der Waals surface area contributed by atoms with E-state index in [1.54, 1.807) is 0 Å². The highest BCUT2D eigenvalue weighted by atomic mass is 19.1. The molecule has 0 radical (unpaired) electrons. The van der Waals surface area contributed by atoms with Gasteiger partial charge in [0.25, 0.3) is 0 Å². The van der Waals surface area contributed by atoms with Gasteiger partial charge in [-0.25, -0.2) is 18.8 Å². The zero-order valence-corrected chi connectivity index (χ0v) is 10.6. The van der Waals surface area contributed by atoms with Crippen LogP contribution in [0.3, 0.4) is 0 Å². The van der Waals surface area contributed by atoms with Crippen molar-refractivity contribution in [3.63, 3.8) is 0 Å². The Balaban J connectivity index is 2.20. The third kappa shape index (κ3) is 2.53. The van der Waals surface area contributed by atoms with E-state index in [0.717, 1.165) is 25.3 Å². The maximum absolute atomic E-state index is 13.6. The van der Waals surface area contributed by atoms with Gasteiger partial charge in [0.15, 0.2) is 23.3 Å². The van der Waals surface area contributed by atoms with E-state index in [1.165, 1.54) is 0 Å². The van der Waals surface area contributed by atoms with Gasteiger partial charge < -0.3 is 11.2 Å². The van der Waals surface area contributed by atoms with E-state index in [9.17, 15) is 8.78 Å². The van der Waals surface area contributed by atoms with E-state index < -0.39 is 11.6 Å². The van der Waals surface area contributed by atoms with Crippen molar-refractivity contribution in [2.45, 2.75) is 45.2 Å². The Morgan fingerprint density at radius 3 is 2.50 bits per heavy atom. The monoisotopic (exact) mass is 256 g/mol. The van der Waals surface area contributed by atoms with Gasteiger partial charge in [-0.3, -0.25) is 0 Å². The Morgan fingerprint density at radius 2 is 1.89 bits per heavy atom. The summed E-state index contributed by atoms with van der Waals surface area (Å²) in [5.41, 5.74) is 8.27. The van der Waals surface area contributed by atoms with E-state index in [0.29, 0.717) is 0 Å². The summed E-state index contributed by atoms with van der Waals surface area (Å²) >= 11 is 0. The van der Waals surface area contributed by atoms with Gasteiger partial charge in [0.1, 0.15) is 0 Å². The Kier molecular flexibility index (Phi) is 3.65. The first-order valence-corrected chi connectivity index (χ1v) is 6.15. The van der Waals surface area contributed by atoms with E-state index in [-0.39, 0.29) is 23.7 Å². The van der Waals surface area contributed by atoms with Crippen molar-refractivity contribution in [1.82, 2.24) is 9.99 Å². The van der Waals surface area contributed by atoms with Crippen LogP contribution in [0.4, 0.5) is 20.4 Å². The molecule has 3 N–H and O–H groups in total. The van der Waals surface area contributed by atoms with Crippen molar-refractivity contribution >= 4 is 11.6 Å². The molecule has 4 nitrogen and oxygen atoms in total. The molecule has 1 aromatic heterocycles. The van der Waals surface area contributed by atoms with Crippen LogP contribution in [-0.2, 0) is 0 Å². The van der Waals surface area contributed by atoms with E-state index in [2.05, 4.69) is 24.3 Å². The molecule has 0 aromatic carbocycles. The SMILES string of the molecule is CC1CCCC(C)N1Nc1nc(N)c(F)cc1F. The van der Waals surface area contributed by atoms with Crippen LogP contribution in [0.1, 0.15) is 33.1 Å². The number of hydrazine groups is 1. The fourth-order valence-corrected chi connectivity index (χ4v) is 2.32. The van der Waals surface area contributed by atoms with Crippen molar-refractivity contribution in [2.24, 2.45) is 0 Å². The summed E-state index contributed by atoms with van der Waals surface area (Å²) in [4.78, 5) is 3.71. The molecule has 2 rings (SSSR count). The fraction of sp³-hybridized carbons (Fsp3) is 0.583. The summed E-state index contributed by atoms with van der Waals surface area (Å²) in [6, 6.07) is 1.31. The first kappa shape index (κ1) is 13.0. The van der Waals surface area contributed by atoms with Gasteiger partial charge in [0.2, 0.25) is 0 Å². The summed E-state index contributed by atoms with van der Waals surface area (Å²) in [5, 5.41) is 1.95. The maximum Gasteiger partial charge on any atom is 0.179 e. The lowest BCUT2D eigenvalue weighted by molar-refractivity contribution is 0.134. The predicted molar refractivity (Wildman–Crippen MR) is 66.8 cm³/mol. The molecule has 0 bridgehead atoms. The molecular formula is C12H18F2N4. The van der Waals surface area contributed by atoms with Gasteiger partial charge in [-0.15, -0.1) is 0 Å². The number of aromatic nitrogens is 1. The number of pyridine rings is 1. The van der Waals surface area contributed by atoms with Gasteiger partial charge in [0, 0.05) is 18.2 Å². The van der Waals surface area contributed by atoms with Crippen LogP contribution < -0.4 is 11.2 Å². The number of nitrogens with two attached hydrogens (primary N) is 1. The van der Waals surface area contributed by atoms with Gasteiger partial charge in [-0.05, 0) is 26.7 Å². The molecule has 2 heterocycles. The van der Waals surface area contributed by atoms with Crippen molar-refractivity contribution in [3.05, 3.63) is 17.7 Å². The molecule has 18 heavy (non-hydrogen) atoms. The zero-order valence-electron chi connectivity index (χ0n) is 10.6. The molecule has 1 aliphatic heterocycles. The van der Waals surface area contributed by atoms with Crippen molar-refractivity contribution in [3.8, 4) is 0 Å². The van der Waals surface area contributed by atoms with Crippen LogP contribution in [0, 0.1) is 11.6 Å². The molecular weight excluding hydrogens is 238 g/mol. The standard InChI is InChI=1S/C12H18F2N4/c1-7-4-3-5-8(2)18(7)17-12-10(14)6-9(13)11(15)16-12/h6-8H,3-5H2,1-2H3,(H3,15,16,17). The Bertz CT molecular complexity index is 428. The molecule has 1 saturated heterocycles. The molecule has 2 unspecified atom stereocenters. The zero-order chi connectivity index (χ0) is 13.3. The topological polar surface area (TPSA) is 54.2 Å². The number of piperidine rings is 1. The average molecular weight is 256 g/mol. The lowest BCUT2D eigenvalue weighted by atomic mass is 10.00. The second-order valence-corrected chi connectivity index (χ2v) is 4.83. The van der Waals surface area contributed by atoms with Crippen LogP contribution in [0.15, 0.2) is 6.07 Å². The summed E-state index contributed by atoms with van der Waals surface area (Å²) in [6.45, 7) is 4.13. The van der Waals surface area contributed by atoms with Gasteiger partial charge >= 0.3 is 0 Å². The smallest absolute Gasteiger partial charge is 0.179 e. The Morgan fingerprint density at radius 1 is 1.28 bits per heavy atom. The minimum absolute atomic E-state index is 0.0190. The average Bonchev–Trinajstić information content (AvgIpc) is 2.30. The van der Waals surface area contributed by atoms with E-state index in [1.807, 2.05) is 5.01 Å². The molecule has 0 aliphatic carbocycles. The molecule has 6 heteroatoms. The summed E-state index contributed by atoms with van der Waals surface area (Å²) < 4.78 is 26.6. The summed E-state index contributed by atoms with van der Waals surface area (Å²) in [5.74, 6) is -1.88. The first-order valence-electron chi connectivity index (χ1n) is 6.15. The van der Waals surface area contributed by atoms with Crippen LogP contribution in [0.2, 0.25) is 0 Å². The quantitative estimate of drug-likeness (QED) is 0.853. The second-order valence-electron chi connectivity index (χ2n) is 4.83.